The van der Waals surface area contributed by atoms with E-state index in [4.69, 9.17) is 0 Å². The fraction of sp³-hybridized carbons (Fsp3) is 0.923. The molecule has 2 atom stereocenters. The summed E-state index contributed by atoms with van der Waals surface area (Å²) in [5.41, 5.74) is 0.377. The third kappa shape index (κ3) is 2.59. The van der Waals surface area contributed by atoms with Crippen LogP contribution < -0.4 is 0 Å². The molecule has 0 aromatic rings. The summed E-state index contributed by atoms with van der Waals surface area (Å²) in [6.45, 7) is 9.20. The van der Waals surface area contributed by atoms with Crippen molar-refractivity contribution < 1.29 is 4.79 Å². The van der Waals surface area contributed by atoms with Crippen molar-refractivity contribution in [2.24, 2.45) is 17.3 Å². The van der Waals surface area contributed by atoms with E-state index < -0.39 is 0 Å². The topological polar surface area (TPSA) is 17.1 Å². The minimum atomic E-state index is 0.377. The molecule has 0 aromatic heterocycles. The Balaban J connectivity index is 2.66. The number of hydrogen-bond donors (Lipinski definition) is 0. The molecule has 1 aliphatic carbocycles. The van der Waals surface area contributed by atoms with Gasteiger partial charge in [0.1, 0.15) is 5.78 Å². The quantitative estimate of drug-likeness (QED) is 0.670. The van der Waals surface area contributed by atoms with Crippen LogP contribution in [0.2, 0.25) is 0 Å². The molecule has 14 heavy (non-hydrogen) atoms. The van der Waals surface area contributed by atoms with Crippen molar-refractivity contribution in [2.45, 2.75) is 59.8 Å². The van der Waals surface area contributed by atoms with Gasteiger partial charge in [-0.2, -0.15) is 0 Å². The zero-order valence-electron chi connectivity index (χ0n) is 10.1. The third-order valence-corrected chi connectivity index (χ3v) is 3.93. The van der Waals surface area contributed by atoms with Crippen molar-refractivity contribution >= 4 is 5.78 Å². The van der Waals surface area contributed by atoms with Crippen LogP contribution in [0.4, 0.5) is 0 Å². The Hall–Kier alpha value is -0.330. The van der Waals surface area contributed by atoms with Gasteiger partial charge in [0.15, 0.2) is 0 Å². The maximum Gasteiger partial charge on any atom is 0.133 e. The van der Waals surface area contributed by atoms with E-state index in [9.17, 15) is 4.79 Å². The van der Waals surface area contributed by atoms with Crippen molar-refractivity contribution in [1.29, 1.82) is 0 Å². The molecule has 0 radical (unpaired) electrons. The van der Waals surface area contributed by atoms with Crippen LogP contribution in [-0.2, 0) is 4.79 Å². The molecule has 0 aliphatic heterocycles. The summed E-state index contributed by atoms with van der Waals surface area (Å²) in [6, 6.07) is 0. The van der Waals surface area contributed by atoms with Gasteiger partial charge in [-0.3, -0.25) is 4.79 Å². The van der Waals surface area contributed by atoms with E-state index in [1.165, 1.54) is 12.8 Å². The first-order chi connectivity index (χ1) is 6.47. The van der Waals surface area contributed by atoms with Crippen molar-refractivity contribution in [3.05, 3.63) is 0 Å². The number of hydrogen-bond acceptors (Lipinski definition) is 1. The molecule has 2 unspecified atom stereocenters. The Morgan fingerprint density at radius 3 is 2.71 bits per heavy atom. The second-order valence-corrected chi connectivity index (χ2v) is 5.60. The summed E-state index contributed by atoms with van der Waals surface area (Å²) in [5, 5.41) is 0. The molecule has 0 spiro atoms. The van der Waals surface area contributed by atoms with Crippen LogP contribution in [0, 0.1) is 17.3 Å². The Bertz CT molecular complexity index is 205. The minimum absolute atomic E-state index is 0.377. The van der Waals surface area contributed by atoms with Gasteiger partial charge in [-0.15, -0.1) is 0 Å². The molecule has 1 fully saturated rings. The molecule has 1 saturated carbocycles. The van der Waals surface area contributed by atoms with Gasteiger partial charge in [0.05, 0.1) is 0 Å². The predicted molar refractivity (Wildman–Crippen MR) is 60.2 cm³/mol. The molecule has 1 nitrogen and oxygen atoms in total. The van der Waals surface area contributed by atoms with Crippen LogP contribution in [0.5, 0.6) is 0 Å². The first kappa shape index (κ1) is 11.7. The molecule has 0 aromatic carbocycles. The largest absolute Gasteiger partial charge is 0.300 e. The Morgan fingerprint density at radius 1 is 1.50 bits per heavy atom. The van der Waals surface area contributed by atoms with Gasteiger partial charge in [0, 0.05) is 12.8 Å². The molecule has 0 amide bonds. The Morgan fingerprint density at radius 2 is 2.14 bits per heavy atom. The van der Waals surface area contributed by atoms with Crippen LogP contribution in [0.15, 0.2) is 0 Å². The predicted octanol–water partition coefficient (Wildman–Crippen LogP) is 3.82. The highest BCUT2D eigenvalue weighted by atomic mass is 16.1. The number of ketones is 1. The van der Waals surface area contributed by atoms with Gasteiger partial charge in [-0.1, -0.05) is 40.5 Å². The summed E-state index contributed by atoms with van der Waals surface area (Å²) < 4.78 is 0. The van der Waals surface area contributed by atoms with Crippen LogP contribution in [0.1, 0.15) is 59.8 Å². The SMILES string of the molecule is CCCC(C)C1CC(=O)CCC1(C)C. The molecular weight excluding hydrogens is 172 g/mol. The average Bonchev–Trinajstić information content (AvgIpc) is 2.10. The Labute approximate surface area is 88.3 Å². The number of Topliss-reactive ketones (excluding diaryl/α,β-unsaturated/α-hetero) is 1. The summed E-state index contributed by atoms with van der Waals surface area (Å²) in [5.74, 6) is 1.81. The maximum absolute atomic E-state index is 11.5. The van der Waals surface area contributed by atoms with Crippen LogP contribution in [0.3, 0.4) is 0 Å². The van der Waals surface area contributed by atoms with E-state index >= 15 is 0 Å². The lowest BCUT2D eigenvalue weighted by Gasteiger charge is -2.41. The zero-order valence-corrected chi connectivity index (χ0v) is 10.1. The number of carbonyl (C=O) groups is 1. The molecular formula is C13H24O. The van der Waals surface area contributed by atoms with E-state index in [1.54, 1.807) is 0 Å². The van der Waals surface area contributed by atoms with Gasteiger partial charge in [0.2, 0.25) is 0 Å². The monoisotopic (exact) mass is 196 g/mol. The summed E-state index contributed by atoms with van der Waals surface area (Å²) in [4.78, 5) is 11.5. The lowest BCUT2D eigenvalue weighted by atomic mass is 9.63. The fourth-order valence-corrected chi connectivity index (χ4v) is 2.90. The first-order valence-electron chi connectivity index (χ1n) is 5.99. The average molecular weight is 196 g/mol. The molecule has 1 aliphatic rings. The summed E-state index contributed by atoms with van der Waals surface area (Å²) in [6.07, 6.45) is 5.23. The van der Waals surface area contributed by atoms with E-state index in [0.29, 0.717) is 23.0 Å². The van der Waals surface area contributed by atoms with Gasteiger partial charge in [-0.05, 0) is 23.7 Å². The molecule has 0 N–H and O–H groups in total. The lowest BCUT2D eigenvalue weighted by molar-refractivity contribution is -0.125. The molecule has 1 rings (SSSR count). The standard InChI is InChI=1S/C13H24O/c1-5-6-10(2)12-9-11(14)7-8-13(12,3)4/h10,12H,5-9H2,1-4H3. The van der Waals surface area contributed by atoms with Crippen molar-refractivity contribution in [2.75, 3.05) is 0 Å². The number of rotatable bonds is 3. The van der Waals surface area contributed by atoms with Gasteiger partial charge in [-0.25, -0.2) is 0 Å². The third-order valence-electron chi connectivity index (χ3n) is 3.93. The van der Waals surface area contributed by atoms with Crippen LogP contribution in [0.25, 0.3) is 0 Å². The molecule has 0 saturated heterocycles. The zero-order chi connectivity index (χ0) is 10.8. The van der Waals surface area contributed by atoms with E-state index in [-0.39, 0.29) is 0 Å². The maximum atomic E-state index is 11.5. The number of carbonyl (C=O) groups excluding carboxylic acids is 1. The normalized spacial score (nSPS) is 28.9. The Kier molecular flexibility index (Phi) is 3.74. The smallest absolute Gasteiger partial charge is 0.133 e. The second kappa shape index (κ2) is 4.46. The highest BCUT2D eigenvalue weighted by molar-refractivity contribution is 5.79. The summed E-state index contributed by atoms with van der Waals surface area (Å²) >= 11 is 0. The van der Waals surface area contributed by atoms with E-state index in [1.807, 2.05) is 0 Å². The molecule has 0 heterocycles. The van der Waals surface area contributed by atoms with Crippen molar-refractivity contribution in [3.8, 4) is 0 Å². The highest BCUT2D eigenvalue weighted by Crippen LogP contribution is 2.44. The van der Waals surface area contributed by atoms with Gasteiger partial charge in [0.25, 0.3) is 0 Å². The van der Waals surface area contributed by atoms with Crippen LogP contribution >= 0.6 is 0 Å². The van der Waals surface area contributed by atoms with Crippen molar-refractivity contribution in [3.63, 3.8) is 0 Å². The van der Waals surface area contributed by atoms with Gasteiger partial charge >= 0.3 is 0 Å². The molecule has 82 valence electrons. The fourth-order valence-electron chi connectivity index (χ4n) is 2.90. The van der Waals surface area contributed by atoms with E-state index in [0.717, 1.165) is 19.3 Å². The minimum Gasteiger partial charge on any atom is -0.300 e. The summed E-state index contributed by atoms with van der Waals surface area (Å²) in [7, 11) is 0. The molecule has 0 bridgehead atoms. The first-order valence-corrected chi connectivity index (χ1v) is 5.99. The van der Waals surface area contributed by atoms with Crippen LogP contribution in [-0.4, -0.2) is 5.78 Å². The lowest BCUT2D eigenvalue weighted by Crippen LogP contribution is -2.36. The highest BCUT2D eigenvalue weighted by Gasteiger charge is 2.38. The van der Waals surface area contributed by atoms with Crippen molar-refractivity contribution in [1.82, 2.24) is 0 Å². The molecule has 1 heteroatoms. The second-order valence-electron chi connectivity index (χ2n) is 5.60. The van der Waals surface area contributed by atoms with Gasteiger partial charge < -0.3 is 0 Å². The van der Waals surface area contributed by atoms with E-state index in [2.05, 4.69) is 27.7 Å².